The molecular weight excluding hydrogens is 368 g/mol. The van der Waals surface area contributed by atoms with E-state index < -0.39 is 0 Å². The van der Waals surface area contributed by atoms with E-state index in [0.717, 1.165) is 27.2 Å². The Morgan fingerprint density at radius 1 is 1.00 bits per heavy atom. The number of phenolic OH excluding ortho intramolecular Hbond substituents is 1. The second-order valence-corrected chi connectivity index (χ2v) is 6.19. The maximum atomic E-state index is 9.52. The molecule has 0 aliphatic carbocycles. The van der Waals surface area contributed by atoms with Crippen molar-refractivity contribution in [2.24, 2.45) is 0 Å². The van der Waals surface area contributed by atoms with Gasteiger partial charge in [-0.2, -0.15) is 0 Å². The number of rotatable bonds is 3. The summed E-state index contributed by atoms with van der Waals surface area (Å²) >= 11 is 3.44. The lowest BCUT2D eigenvalue weighted by atomic mass is 10.1. The molecular formula is C18H13BrN4O. The van der Waals surface area contributed by atoms with Gasteiger partial charge in [-0.1, -0.05) is 15.9 Å². The van der Waals surface area contributed by atoms with E-state index in [1.54, 1.807) is 18.3 Å². The zero-order chi connectivity index (χ0) is 16.5. The van der Waals surface area contributed by atoms with Crippen LogP contribution in [0.5, 0.6) is 5.75 Å². The number of phenols is 1. The Labute approximate surface area is 146 Å². The van der Waals surface area contributed by atoms with Crippen LogP contribution in [-0.4, -0.2) is 19.5 Å². The molecule has 0 fully saturated rings. The van der Waals surface area contributed by atoms with Crippen molar-refractivity contribution in [3.05, 3.63) is 71.5 Å². The average molecular weight is 381 g/mol. The first-order valence-corrected chi connectivity index (χ1v) is 8.15. The van der Waals surface area contributed by atoms with Crippen LogP contribution in [0.1, 0.15) is 0 Å². The highest BCUT2D eigenvalue weighted by atomic mass is 79.9. The summed E-state index contributed by atoms with van der Waals surface area (Å²) in [6.07, 6.45) is 3.63. The number of anilines is 2. The molecule has 0 aliphatic rings. The van der Waals surface area contributed by atoms with E-state index >= 15 is 0 Å². The molecule has 0 spiro atoms. The maximum Gasteiger partial charge on any atom is 0.235 e. The molecule has 2 heterocycles. The summed E-state index contributed by atoms with van der Waals surface area (Å²) in [6.45, 7) is 0. The van der Waals surface area contributed by atoms with Crippen molar-refractivity contribution < 1.29 is 5.11 Å². The minimum atomic E-state index is 0.225. The normalized spacial score (nSPS) is 10.9. The molecule has 0 saturated carbocycles. The molecule has 0 bridgehead atoms. The molecule has 2 aromatic carbocycles. The molecule has 0 amide bonds. The van der Waals surface area contributed by atoms with Crippen molar-refractivity contribution in [3.63, 3.8) is 0 Å². The van der Waals surface area contributed by atoms with Gasteiger partial charge in [0.1, 0.15) is 17.3 Å². The number of nitrogens with one attached hydrogen (secondary N) is 1. The van der Waals surface area contributed by atoms with Crippen molar-refractivity contribution in [3.8, 4) is 17.0 Å². The van der Waals surface area contributed by atoms with Gasteiger partial charge in [-0.3, -0.25) is 4.40 Å². The lowest BCUT2D eigenvalue weighted by molar-refractivity contribution is 0.475. The van der Waals surface area contributed by atoms with Crippen molar-refractivity contribution >= 4 is 33.2 Å². The van der Waals surface area contributed by atoms with E-state index in [1.807, 2.05) is 53.1 Å². The molecule has 2 N–H and O–H groups in total. The first-order chi connectivity index (χ1) is 11.7. The number of imidazole rings is 1. The SMILES string of the molecule is Oc1ccc(-c2nc3ncccn3c2Nc2ccc(Br)cc2)cc1. The first kappa shape index (κ1) is 14.7. The molecule has 4 aromatic rings. The van der Waals surface area contributed by atoms with Crippen LogP contribution in [0.15, 0.2) is 71.5 Å². The number of benzene rings is 2. The van der Waals surface area contributed by atoms with Crippen LogP contribution >= 0.6 is 15.9 Å². The summed E-state index contributed by atoms with van der Waals surface area (Å²) in [7, 11) is 0. The molecule has 4 rings (SSSR count). The number of nitrogens with zero attached hydrogens (tertiary/aromatic N) is 3. The van der Waals surface area contributed by atoms with E-state index in [1.165, 1.54) is 0 Å². The Kier molecular flexibility index (Phi) is 3.66. The number of aromatic nitrogens is 3. The monoisotopic (exact) mass is 380 g/mol. The van der Waals surface area contributed by atoms with Gasteiger partial charge in [-0.25, -0.2) is 9.97 Å². The van der Waals surface area contributed by atoms with Crippen LogP contribution in [-0.2, 0) is 0 Å². The number of hydrogen-bond donors (Lipinski definition) is 2. The predicted octanol–water partition coefficient (Wildman–Crippen LogP) is 4.61. The zero-order valence-electron chi connectivity index (χ0n) is 12.5. The average Bonchev–Trinajstić information content (AvgIpc) is 2.96. The Balaban J connectivity index is 1.86. The highest BCUT2D eigenvalue weighted by Crippen LogP contribution is 2.31. The summed E-state index contributed by atoms with van der Waals surface area (Å²) < 4.78 is 2.93. The second kappa shape index (κ2) is 5.98. The molecule has 5 nitrogen and oxygen atoms in total. The van der Waals surface area contributed by atoms with Crippen molar-refractivity contribution in [1.29, 1.82) is 0 Å². The molecule has 0 unspecified atom stereocenters. The van der Waals surface area contributed by atoms with Crippen molar-refractivity contribution in [1.82, 2.24) is 14.4 Å². The van der Waals surface area contributed by atoms with Gasteiger partial charge in [0.25, 0.3) is 0 Å². The second-order valence-electron chi connectivity index (χ2n) is 5.28. The molecule has 2 aromatic heterocycles. The van der Waals surface area contributed by atoms with Gasteiger partial charge in [0.15, 0.2) is 0 Å². The molecule has 0 atom stereocenters. The smallest absolute Gasteiger partial charge is 0.235 e. The highest BCUT2D eigenvalue weighted by molar-refractivity contribution is 9.10. The van der Waals surface area contributed by atoms with Crippen LogP contribution in [0.25, 0.3) is 17.0 Å². The predicted molar refractivity (Wildman–Crippen MR) is 97.5 cm³/mol. The fourth-order valence-corrected chi connectivity index (χ4v) is 2.76. The fourth-order valence-electron chi connectivity index (χ4n) is 2.50. The Hall–Kier alpha value is -2.86. The zero-order valence-corrected chi connectivity index (χ0v) is 14.1. The van der Waals surface area contributed by atoms with Crippen LogP contribution in [0.4, 0.5) is 11.5 Å². The quantitative estimate of drug-likeness (QED) is 0.544. The largest absolute Gasteiger partial charge is 0.508 e. The van der Waals surface area contributed by atoms with Gasteiger partial charge in [0.05, 0.1) is 0 Å². The van der Waals surface area contributed by atoms with Gasteiger partial charge in [0.2, 0.25) is 5.78 Å². The van der Waals surface area contributed by atoms with Crippen LogP contribution in [0, 0.1) is 0 Å². The number of fused-ring (bicyclic) bond motifs is 1. The van der Waals surface area contributed by atoms with Gasteiger partial charge in [-0.05, 0) is 54.6 Å². The third-order valence-electron chi connectivity index (χ3n) is 3.65. The Bertz CT molecular complexity index is 994. The maximum absolute atomic E-state index is 9.52. The van der Waals surface area contributed by atoms with E-state index in [-0.39, 0.29) is 5.75 Å². The molecule has 6 heteroatoms. The number of aromatic hydroxyl groups is 1. The van der Waals surface area contributed by atoms with E-state index in [4.69, 9.17) is 0 Å². The fraction of sp³-hybridized carbons (Fsp3) is 0. The minimum Gasteiger partial charge on any atom is -0.508 e. The van der Waals surface area contributed by atoms with E-state index in [2.05, 4.69) is 31.2 Å². The minimum absolute atomic E-state index is 0.225. The van der Waals surface area contributed by atoms with Crippen LogP contribution in [0.3, 0.4) is 0 Å². The summed E-state index contributed by atoms with van der Waals surface area (Å²) in [5.41, 5.74) is 2.62. The standard InChI is InChI=1S/C18H13BrN4O/c19-13-4-6-14(7-5-13)21-17-16(12-2-8-15(24)9-3-12)22-18-20-10-1-11-23(17)18/h1-11,21,24H. The molecule has 0 radical (unpaired) electrons. The molecule has 0 saturated heterocycles. The van der Waals surface area contributed by atoms with E-state index in [9.17, 15) is 5.11 Å². The number of hydrogen-bond acceptors (Lipinski definition) is 4. The molecule has 0 aliphatic heterocycles. The van der Waals surface area contributed by atoms with Gasteiger partial charge >= 0.3 is 0 Å². The van der Waals surface area contributed by atoms with Crippen molar-refractivity contribution in [2.75, 3.05) is 5.32 Å². The Morgan fingerprint density at radius 3 is 2.50 bits per heavy atom. The van der Waals surface area contributed by atoms with Crippen molar-refractivity contribution in [2.45, 2.75) is 0 Å². The third-order valence-corrected chi connectivity index (χ3v) is 4.18. The number of halogens is 1. The third kappa shape index (κ3) is 2.72. The molecule has 118 valence electrons. The summed E-state index contributed by atoms with van der Waals surface area (Å²) in [5, 5.41) is 12.9. The molecule has 24 heavy (non-hydrogen) atoms. The van der Waals surface area contributed by atoms with Gasteiger partial charge < -0.3 is 10.4 Å². The topological polar surface area (TPSA) is 62.5 Å². The van der Waals surface area contributed by atoms with E-state index in [0.29, 0.717) is 5.78 Å². The lowest BCUT2D eigenvalue weighted by Crippen LogP contribution is -1.97. The lowest BCUT2D eigenvalue weighted by Gasteiger charge is -2.09. The summed E-state index contributed by atoms with van der Waals surface area (Å²) in [5.74, 6) is 1.66. The highest BCUT2D eigenvalue weighted by Gasteiger charge is 2.15. The Morgan fingerprint density at radius 2 is 1.75 bits per heavy atom. The van der Waals surface area contributed by atoms with Gasteiger partial charge in [-0.15, -0.1) is 0 Å². The summed E-state index contributed by atoms with van der Waals surface area (Å²) in [6, 6.07) is 16.8. The summed E-state index contributed by atoms with van der Waals surface area (Å²) in [4.78, 5) is 8.94. The van der Waals surface area contributed by atoms with Crippen LogP contribution < -0.4 is 5.32 Å². The van der Waals surface area contributed by atoms with Gasteiger partial charge in [0, 0.05) is 28.1 Å². The van der Waals surface area contributed by atoms with Crippen LogP contribution in [0.2, 0.25) is 0 Å². The first-order valence-electron chi connectivity index (χ1n) is 7.36.